The zero-order valence-corrected chi connectivity index (χ0v) is 14.1. The average Bonchev–Trinajstić information content (AvgIpc) is 2.86. The SMILES string of the molecule is CC(C)n1ncnc1CC(CCl)Cc1cccc(Br)c1. The molecule has 2 aromatic rings. The van der Waals surface area contributed by atoms with Gasteiger partial charge in [0.15, 0.2) is 0 Å². The molecule has 1 unspecified atom stereocenters. The Balaban J connectivity index is 2.07. The Hall–Kier alpha value is -0.870. The summed E-state index contributed by atoms with van der Waals surface area (Å²) in [7, 11) is 0. The van der Waals surface area contributed by atoms with Gasteiger partial charge in [-0.15, -0.1) is 11.6 Å². The van der Waals surface area contributed by atoms with Crippen LogP contribution in [0.5, 0.6) is 0 Å². The smallest absolute Gasteiger partial charge is 0.138 e. The van der Waals surface area contributed by atoms with Gasteiger partial charge < -0.3 is 0 Å². The minimum atomic E-state index is 0.328. The van der Waals surface area contributed by atoms with Gasteiger partial charge in [0, 0.05) is 22.8 Å². The van der Waals surface area contributed by atoms with Crippen molar-refractivity contribution in [1.82, 2.24) is 14.8 Å². The van der Waals surface area contributed by atoms with Crippen molar-refractivity contribution >= 4 is 27.5 Å². The summed E-state index contributed by atoms with van der Waals surface area (Å²) in [5.74, 6) is 2.01. The maximum atomic E-state index is 6.14. The molecule has 1 aromatic carbocycles. The lowest BCUT2D eigenvalue weighted by atomic mass is 9.97. The van der Waals surface area contributed by atoms with Gasteiger partial charge in [0.2, 0.25) is 0 Å². The van der Waals surface area contributed by atoms with Gasteiger partial charge in [-0.2, -0.15) is 5.10 Å². The Bertz CT molecular complexity index is 554. The van der Waals surface area contributed by atoms with Crippen LogP contribution in [0, 0.1) is 5.92 Å². The molecule has 1 atom stereocenters. The summed E-state index contributed by atoms with van der Waals surface area (Å²) < 4.78 is 3.08. The average molecular weight is 357 g/mol. The molecule has 0 radical (unpaired) electrons. The van der Waals surface area contributed by atoms with Gasteiger partial charge in [0.1, 0.15) is 12.2 Å². The van der Waals surface area contributed by atoms with Crippen molar-refractivity contribution in [2.45, 2.75) is 32.7 Å². The number of hydrogen-bond donors (Lipinski definition) is 0. The number of hydrogen-bond acceptors (Lipinski definition) is 2. The minimum absolute atomic E-state index is 0.328. The maximum absolute atomic E-state index is 6.14. The fraction of sp³-hybridized carbons (Fsp3) is 0.467. The molecule has 0 saturated carbocycles. The highest BCUT2D eigenvalue weighted by molar-refractivity contribution is 9.10. The molecule has 1 aromatic heterocycles. The molecule has 108 valence electrons. The molecule has 0 spiro atoms. The standard InChI is InChI=1S/C15H19BrClN3/c1-11(2)20-15(18-10-19-20)8-13(9-17)6-12-4-3-5-14(16)7-12/h3-5,7,10-11,13H,6,8-9H2,1-2H3. The molecular formula is C15H19BrClN3. The molecule has 0 aliphatic heterocycles. The van der Waals surface area contributed by atoms with Crippen LogP contribution in [0.3, 0.4) is 0 Å². The van der Waals surface area contributed by atoms with E-state index in [2.05, 4.69) is 58.1 Å². The molecule has 20 heavy (non-hydrogen) atoms. The van der Waals surface area contributed by atoms with Gasteiger partial charge >= 0.3 is 0 Å². The second-order valence-electron chi connectivity index (χ2n) is 5.27. The van der Waals surface area contributed by atoms with Crippen molar-refractivity contribution in [3.05, 3.63) is 46.5 Å². The third-order valence-electron chi connectivity index (χ3n) is 3.24. The van der Waals surface area contributed by atoms with E-state index in [0.717, 1.165) is 23.1 Å². The normalized spacial score (nSPS) is 12.8. The van der Waals surface area contributed by atoms with Crippen molar-refractivity contribution in [2.75, 3.05) is 5.88 Å². The van der Waals surface area contributed by atoms with Crippen molar-refractivity contribution in [2.24, 2.45) is 5.92 Å². The second-order valence-corrected chi connectivity index (χ2v) is 6.50. The largest absolute Gasteiger partial charge is 0.248 e. The monoisotopic (exact) mass is 355 g/mol. The maximum Gasteiger partial charge on any atom is 0.138 e. The highest BCUT2D eigenvalue weighted by Gasteiger charge is 2.15. The van der Waals surface area contributed by atoms with Crippen LogP contribution in [-0.4, -0.2) is 20.6 Å². The first kappa shape index (κ1) is 15.5. The molecule has 0 N–H and O–H groups in total. The van der Waals surface area contributed by atoms with Crippen LogP contribution in [0.15, 0.2) is 35.1 Å². The number of alkyl halides is 1. The highest BCUT2D eigenvalue weighted by Crippen LogP contribution is 2.19. The van der Waals surface area contributed by atoms with Gasteiger partial charge in [0.05, 0.1) is 0 Å². The number of aromatic nitrogens is 3. The van der Waals surface area contributed by atoms with Gasteiger partial charge in [-0.05, 0) is 43.9 Å². The summed E-state index contributed by atoms with van der Waals surface area (Å²) in [5.41, 5.74) is 1.29. The predicted octanol–water partition coefficient (Wildman–Crippen LogP) is 4.26. The fourth-order valence-corrected chi connectivity index (χ4v) is 2.95. The zero-order chi connectivity index (χ0) is 14.5. The fourth-order valence-electron chi connectivity index (χ4n) is 2.29. The number of halogens is 2. The Kier molecular flexibility index (Phi) is 5.61. The van der Waals surface area contributed by atoms with E-state index in [-0.39, 0.29) is 0 Å². The number of benzene rings is 1. The van der Waals surface area contributed by atoms with Crippen LogP contribution < -0.4 is 0 Å². The van der Waals surface area contributed by atoms with E-state index in [9.17, 15) is 0 Å². The Labute approximate surface area is 133 Å². The topological polar surface area (TPSA) is 30.7 Å². The number of nitrogens with zero attached hydrogens (tertiary/aromatic N) is 3. The van der Waals surface area contributed by atoms with Crippen LogP contribution in [0.4, 0.5) is 0 Å². The molecule has 0 saturated heterocycles. The summed E-state index contributed by atoms with van der Waals surface area (Å²) in [4.78, 5) is 4.37. The zero-order valence-electron chi connectivity index (χ0n) is 11.8. The number of rotatable bonds is 6. The van der Waals surface area contributed by atoms with Crippen LogP contribution in [0.25, 0.3) is 0 Å². The van der Waals surface area contributed by atoms with E-state index in [1.807, 2.05) is 10.7 Å². The highest BCUT2D eigenvalue weighted by atomic mass is 79.9. The molecule has 5 heteroatoms. The molecular weight excluding hydrogens is 338 g/mol. The Morgan fingerprint density at radius 3 is 2.75 bits per heavy atom. The molecule has 0 amide bonds. The molecule has 0 bridgehead atoms. The summed E-state index contributed by atoms with van der Waals surface area (Å²) in [6, 6.07) is 8.70. The van der Waals surface area contributed by atoms with E-state index >= 15 is 0 Å². The lowest BCUT2D eigenvalue weighted by Gasteiger charge is -2.16. The molecule has 1 heterocycles. The van der Waals surface area contributed by atoms with Gasteiger partial charge in [-0.25, -0.2) is 9.67 Å². The van der Waals surface area contributed by atoms with E-state index in [4.69, 9.17) is 11.6 Å². The predicted molar refractivity (Wildman–Crippen MR) is 86.2 cm³/mol. The van der Waals surface area contributed by atoms with E-state index < -0.39 is 0 Å². The first-order valence-electron chi connectivity index (χ1n) is 6.79. The second kappa shape index (κ2) is 7.23. The van der Waals surface area contributed by atoms with E-state index in [1.165, 1.54) is 5.56 Å². The van der Waals surface area contributed by atoms with Crippen molar-refractivity contribution in [3.8, 4) is 0 Å². The van der Waals surface area contributed by atoms with Crippen molar-refractivity contribution in [1.29, 1.82) is 0 Å². The lowest BCUT2D eigenvalue weighted by molar-refractivity contribution is 0.472. The summed E-state index contributed by atoms with van der Waals surface area (Å²) in [6.07, 6.45) is 3.43. The Morgan fingerprint density at radius 1 is 1.30 bits per heavy atom. The molecule has 0 aliphatic rings. The Morgan fingerprint density at radius 2 is 2.10 bits per heavy atom. The lowest BCUT2D eigenvalue weighted by Crippen LogP contribution is -2.16. The quantitative estimate of drug-likeness (QED) is 0.724. The van der Waals surface area contributed by atoms with E-state index in [1.54, 1.807) is 6.33 Å². The van der Waals surface area contributed by atoms with Crippen LogP contribution in [0.1, 0.15) is 31.3 Å². The third-order valence-corrected chi connectivity index (χ3v) is 4.17. The van der Waals surface area contributed by atoms with Crippen LogP contribution in [-0.2, 0) is 12.8 Å². The van der Waals surface area contributed by atoms with E-state index in [0.29, 0.717) is 17.8 Å². The minimum Gasteiger partial charge on any atom is -0.248 e. The van der Waals surface area contributed by atoms with Gasteiger partial charge in [0.25, 0.3) is 0 Å². The molecule has 2 rings (SSSR count). The molecule has 0 aliphatic carbocycles. The molecule has 3 nitrogen and oxygen atoms in total. The first-order valence-corrected chi connectivity index (χ1v) is 8.11. The third kappa shape index (κ3) is 4.06. The van der Waals surface area contributed by atoms with Crippen LogP contribution >= 0.6 is 27.5 Å². The van der Waals surface area contributed by atoms with Gasteiger partial charge in [-0.3, -0.25) is 0 Å². The van der Waals surface area contributed by atoms with Crippen molar-refractivity contribution in [3.63, 3.8) is 0 Å². The summed E-state index contributed by atoms with van der Waals surface area (Å²) in [5, 5.41) is 4.28. The summed E-state index contributed by atoms with van der Waals surface area (Å²) in [6.45, 7) is 4.23. The first-order chi connectivity index (χ1) is 9.60. The summed E-state index contributed by atoms with van der Waals surface area (Å²) >= 11 is 9.64. The molecule has 0 fully saturated rings. The van der Waals surface area contributed by atoms with Gasteiger partial charge in [-0.1, -0.05) is 28.1 Å². The van der Waals surface area contributed by atoms with Crippen LogP contribution in [0.2, 0.25) is 0 Å². The van der Waals surface area contributed by atoms with Crippen molar-refractivity contribution < 1.29 is 0 Å².